The Bertz CT molecular complexity index is 454. The maximum absolute atomic E-state index is 13.7. The van der Waals surface area contributed by atoms with Crippen molar-refractivity contribution in [2.75, 3.05) is 6.54 Å². The Hall–Kier alpha value is -1.07. The molecule has 0 saturated heterocycles. The van der Waals surface area contributed by atoms with Gasteiger partial charge >= 0.3 is 0 Å². The normalized spacial score (nSPS) is 12.5. The lowest BCUT2D eigenvalue weighted by atomic mass is 9.92. The molecule has 0 aromatic heterocycles. The molecule has 0 aliphatic heterocycles. The first-order valence-corrected chi connectivity index (χ1v) is 6.37. The highest BCUT2D eigenvalue weighted by Gasteiger charge is 2.22. The number of rotatable bonds is 7. The Morgan fingerprint density at radius 1 is 1.37 bits per heavy atom. The number of ketones is 1. The highest BCUT2D eigenvalue weighted by atomic mass is 35.5. The van der Waals surface area contributed by atoms with Gasteiger partial charge in [-0.1, -0.05) is 6.92 Å². The van der Waals surface area contributed by atoms with Crippen molar-refractivity contribution in [1.29, 1.82) is 0 Å². The third-order valence-electron chi connectivity index (χ3n) is 2.79. The van der Waals surface area contributed by atoms with Crippen molar-refractivity contribution in [2.45, 2.75) is 32.1 Å². The molecule has 0 radical (unpaired) electrons. The summed E-state index contributed by atoms with van der Waals surface area (Å²) in [5.41, 5.74) is -0.171. The third-order valence-corrected chi connectivity index (χ3v) is 2.94. The van der Waals surface area contributed by atoms with E-state index in [9.17, 15) is 18.0 Å². The van der Waals surface area contributed by atoms with Gasteiger partial charge in [0.05, 0.1) is 0 Å². The van der Waals surface area contributed by atoms with E-state index in [0.717, 1.165) is 6.07 Å². The van der Waals surface area contributed by atoms with Crippen LogP contribution in [0.2, 0.25) is 0 Å². The van der Waals surface area contributed by atoms with Crippen LogP contribution < -0.4 is 4.84 Å². The van der Waals surface area contributed by atoms with Crippen molar-refractivity contribution < 1.29 is 18.0 Å². The van der Waals surface area contributed by atoms with Crippen molar-refractivity contribution in [3.05, 3.63) is 35.1 Å². The quantitative estimate of drug-likeness (QED) is 0.613. The first-order chi connectivity index (χ1) is 8.99. The zero-order valence-corrected chi connectivity index (χ0v) is 11.2. The maximum Gasteiger partial charge on any atom is 0.162 e. The van der Waals surface area contributed by atoms with Crippen LogP contribution in [0.1, 0.15) is 37.7 Å². The molecule has 0 fully saturated rings. The van der Waals surface area contributed by atoms with Crippen LogP contribution in [0.3, 0.4) is 0 Å². The Morgan fingerprint density at radius 3 is 2.63 bits per heavy atom. The zero-order valence-electron chi connectivity index (χ0n) is 10.5. The second kappa shape index (κ2) is 7.50. The lowest BCUT2D eigenvalue weighted by Gasteiger charge is -2.16. The van der Waals surface area contributed by atoms with Crippen LogP contribution in [0, 0.1) is 17.5 Å². The monoisotopic (exact) mass is 293 g/mol. The molecule has 1 rings (SSSR count). The molecular weight excluding hydrogens is 279 g/mol. The van der Waals surface area contributed by atoms with E-state index in [4.69, 9.17) is 11.8 Å². The van der Waals surface area contributed by atoms with Crippen LogP contribution in [-0.2, 0) is 4.79 Å². The van der Waals surface area contributed by atoms with Gasteiger partial charge in [0.1, 0.15) is 11.6 Å². The summed E-state index contributed by atoms with van der Waals surface area (Å²) in [6, 6.07) is 1.37. The molecule has 1 unspecified atom stereocenters. The van der Waals surface area contributed by atoms with Crippen LogP contribution >= 0.6 is 11.8 Å². The molecule has 1 aromatic carbocycles. The van der Waals surface area contributed by atoms with Crippen molar-refractivity contribution in [3.8, 4) is 0 Å². The van der Waals surface area contributed by atoms with Crippen LogP contribution in [0.4, 0.5) is 13.2 Å². The molecule has 0 heterocycles. The molecule has 6 heteroatoms. The standard InChI is InChI=1S/C13H15ClF3NO/c1-2-3-10(19)4-8(7-18-14)11-5-9(15)6-12(16)13(11)17/h5-6,8,18H,2-4,7H2,1H3. The van der Waals surface area contributed by atoms with Gasteiger partial charge in [0.25, 0.3) is 0 Å². The van der Waals surface area contributed by atoms with Gasteiger partial charge in [0, 0.05) is 31.4 Å². The fraction of sp³-hybridized carbons (Fsp3) is 0.462. The van der Waals surface area contributed by atoms with E-state index in [-0.39, 0.29) is 24.3 Å². The summed E-state index contributed by atoms with van der Waals surface area (Å²) in [5.74, 6) is -4.07. The highest BCUT2D eigenvalue weighted by Crippen LogP contribution is 2.26. The Morgan fingerprint density at radius 2 is 2.05 bits per heavy atom. The minimum absolute atomic E-state index is 0.00657. The van der Waals surface area contributed by atoms with Gasteiger partial charge in [-0.3, -0.25) is 4.79 Å². The summed E-state index contributed by atoms with van der Waals surface area (Å²) >= 11 is 5.37. The number of carbonyl (C=O) groups excluding carboxylic acids is 1. The van der Waals surface area contributed by atoms with E-state index in [1.54, 1.807) is 0 Å². The molecule has 2 nitrogen and oxygen atoms in total. The van der Waals surface area contributed by atoms with E-state index in [0.29, 0.717) is 18.9 Å². The number of halogens is 4. The van der Waals surface area contributed by atoms with Crippen LogP contribution in [0.5, 0.6) is 0 Å². The molecule has 1 N–H and O–H groups in total. The number of nitrogens with one attached hydrogen (secondary N) is 1. The molecular formula is C13H15ClF3NO. The number of Topliss-reactive ketones (excluding diaryl/α,β-unsaturated/α-hetero) is 1. The van der Waals surface area contributed by atoms with E-state index in [1.807, 2.05) is 6.92 Å². The molecule has 0 aliphatic rings. The number of carbonyl (C=O) groups is 1. The second-order valence-corrected chi connectivity index (χ2v) is 4.59. The second-order valence-electron chi connectivity index (χ2n) is 4.32. The molecule has 0 spiro atoms. The van der Waals surface area contributed by atoms with Crippen LogP contribution in [0.25, 0.3) is 0 Å². The predicted molar refractivity (Wildman–Crippen MR) is 67.4 cm³/mol. The SMILES string of the molecule is CCCC(=O)CC(CNCl)c1cc(F)cc(F)c1F. The van der Waals surface area contributed by atoms with Gasteiger partial charge < -0.3 is 0 Å². The van der Waals surface area contributed by atoms with Gasteiger partial charge in [0.15, 0.2) is 11.6 Å². The molecule has 0 bridgehead atoms. The molecule has 106 valence electrons. The summed E-state index contributed by atoms with van der Waals surface area (Å²) < 4.78 is 40.0. The Balaban J connectivity index is 3.01. The first-order valence-electron chi connectivity index (χ1n) is 5.99. The van der Waals surface area contributed by atoms with E-state index < -0.39 is 23.4 Å². The highest BCUT2D eigenvalue weighted by molar-refractivity contribution is 6.13. The Kier molecular flexibility index (Phi) is 6.31. The van der Waals surface area contributed by atoms with Crippen molar-refractivity contribution in [1.82, 2.24) is 4.84 Å². The lowest BCUT2D eigenvalue weighted by molar-refractivity contribution is -0.119. The average Bonchev–Trinajstić information content (AvgIpc) is 2.33. The third kappa shape index (κ3) is 4.51. The first kappa shape index (κ1) is 16.0. The minimum Gasteiger partial charge on any atom is -0.300 e. The molecule has 0 saturated carbocycles. The van der Waals surface area contributed by atoms with Crippen molar-refractivity contribution in [3.63, 3.8) is 0 Å². The smallest absolute Gasteiger partial charge is 0.162 e. The van der Waals surface area contributed by atoms with E-state index in [2.05, 4.69) is 4.84 Å². The van der Waals surface area contributed by atoms with Gasteiger partial charge in [-0.25, -0.2) is 18.0 Å². The number of benzene rings is 1. The number of hydrogen-bond donors (Lipinski definition) is 1. The van der Waals surface area contributed by atoms with Gasteiger partial charge in [-0.2, -0.15) is 0 Å². The summed E-state index contributed by atoms with van der Waals surface area (Å²) in [7, 11) is 0. The molecule has 0 amide bonds. The molecule has 1 atom stereocenters. The molecule has 1 aromatic rings. The zero-order chi connectivity index (χ0) is 14.4. The van der Waals surface area contributed by atoms with Crippen molar-refractivity contribution in [2.24, 2.45) is 0 Å². The molecule has 0 aliphatic carbocycles. The fourth-order valence-corrected chi connectivity index (χ4v) is 2.10. The van der Waals surface area contributed by atoms with Gasteiger partial charge in [-0.15, -0.1) is 0 Å². The van der Waals surface area contributed by atoms with Crippen molar-refractivity contribution >= 4 is 17.6 Å². The van der Waals surface area contributed by atoms with Crippen LogP contribution in [0.15, 0.2) is 12.1 Å². The van der Waals surface area contributed by atoms with Gasteiger partial charge in [-0.05, 0) is 29.8 Å². The lowest BCUT2D eigenvalue weighted by Crippen LogP contribution is -2.19. The fourth-order valence-electron chi connectivity index (χ4n) is 1.91. The van der Waals surface area contributed by atoms with E-state index in [1.165, 1.54) is 0 Å². The summed E-state index contributed by atoms with van der Waals surface area (Å²) in [4.78, 5) is 13.9. The predicted octanol–water partition coefficient (Wildman–Crippen LogP) is 3.69. The van der Waals surface area contributed by atoms with Crippen LogP contribution in [-0.4, -0.2) is 12.3 Å². The summed E-state index contributed by atoms with van der Waals surface area (Å²) in [6.07, 6.45) is 1.01. The largest absolute Gasteiger partial charge is 0.300 e. The Labute approximate surface area is 115 Å². The average molecular weight is 294 g/mol. The number of hydrogen-bond acceptors (Lipinski definition) is 2. The minimum atomic E-state index is -1.27. The van der Waals surface area contributed by atoms with Gasteiger partial charge in [0.2, 0.25) is 0 Å². The molecule has 19 heavy (non-hydrogen) atoms. The maximum atomic E-state index is 13.7. The summed E-state index contributed by atoms with van der Waals surface area (Å²) in [6.45, 7) is 1.89. The topological polar surface area (TPSA) is 29.1 Å². The van der Waals surface area contributed by atoms with E-state index >= 15 is 0 Å². The summed E-state index contributed by atoms with van der Waals surface area (Å²) in [5, 5.41) is 0.